The monoisotopic (exact) mass is 386 g/mol. The maximum absolute atomic E-state index is 13.0. The van der Waals surface area contributed by atoms with Gasteiger partial charge < -0.3 is 9.84 Å². The summed E-state index contributed by atoms with van der Waals surface area (Å²) in [4.78, 5) is 38.3. The van der Waals surface area contributed by atoms with E-state index in [-0.39, 0.29) is 29.1 Å². The molecule has 152 valence electrons. The van der Waals surface area contributed by atoms with Gasteiger partial charge in [-0.15, -0.1) is 0 Å². The van der Waals surface area contributed by atoms with Crippen LogP contribution in [-0.2, 0) is 19.1 Å². The highest BCUT2D eigenvalue weighted by molar-refractivity contribution is 6.51. The van der Waals surface area contributed by atoms with Crippen molar-refractivity contribution in [1.29, 1.82) is 0 Å². The highest BCUT2D eigenvalue weighted by atomic mass is 16.5. The summed E-state index contributed by atoms with van der Waals surface area (Å²) in [6.45, 7) is 9.88. The molecule has 0 heterocycles. The van der Waals surface area contributed by atoms with Crippen molar-refractivity contribution in [3.63, 3.8) is 0 Å². The lowest BCUT2D eigenvalue weighted by molar-refractivity contribution is -0.137. The van der Waals surface area contributed by atoms with Crippen molar-refractivity contribution >= 4 is 17.5 Å². The molecule has 28 heavy (non-hydrogen) atoms. The molecule has 2 atom stereocenters. The zero-order valence-corrected chi connectivity index (χ0v) is 17.3. The molecule has 5 nitrogen and oxygen atoms in total. The van der Waals surface area contributed by atoms with Gasteiger partial charge in [-0.05, 0) is 45.4 Å². The zero-order chi connectivity index (χ0) is 21.0. The molecule has 1 N–H and O–H groups in total. The Balaban J connectivity index is 2.65. The summed E-state index contributed by atoms with van der Waals surface area (Å²) in [5.41, 5.74) is 1.87. The number of rotatable bonds is 7. The Morgan fingerprint density at radius 3 is 2.54 bits per heavy atom. The minimum atomic E-state index is -0.786. The van der Waals surface area contributed by atoms with Gasteiger partial charge in [-0.2, -0.15) is 0 Å². The van der Waals surface area contributed by atoms with E-state index in [1.807, 2.05) is 26.8 Å². The van der Waals surface area contributed by atoms with Gasteiger partial charge in [0.15, 0.2) is 0 Å². The highest BCUT2D eigenvalue weighted by Crippen LogP contribution is 2.42. The summed E-state index contributed by atoms with van der Waals surface area (Å²) < 4.78 is 4.82. The van der Waals surface area contributed by atoms with Crippen molar-refractivity contribution in [3.8, 4) is 0 Å². The normalized spacial score (nSPS) is 23.1. The Morgan fingerprint density at radius 2 is 1.96 bits per heavy atom. The summed E-state index contributed by atoms with van der Waals surface area (Å²) in [7, 11) is 1.20. The molecule has 0 aromatic rings. The maximum atomic E-state index is 13.0. The lowest BCUT2D eigenvalue weighted by atomic mass is 9.70. The predicted molar refractivity (Wildman–Crippen MR) is 108 cm³/mol. The molecular weight excluding hydrogens is 356 g/mol. The zero-order valence-electron chi connectivity index (χ0n) is 17.3. The second-order valence-electron chi connectivity index (χ2n) is 7.75. The first kappa shape index (κ1) is 21.9. The first-order chi connectivity index (χ1) is 13.2. The third kappa shape index (κ3) is 4.18. The quantitative estimate of drug-likeness (QED) is 0.228. The van der Waals surface area contributed by atoms with Crippen molar-refractivity contribution in [1.82, 2.24) is 0 Å². The van der Waals surface area contributed by atoms with Crippen LogP contribution < -0.4 is 0 Å². The number of aliphatic hydroxyl groups is 1. The molecule has 0 bridgehead atoms. The second kappa shape index (κ2) is 9.18. The number of Topliss-reactive ketones (excluding diaryl/α,β-unsaturated/α-hetero) is 2. The topological polar surface area (TPSA) is 80.7 Å². The Morgan fingerprint density at radius 1 is 1.29 bits per heavy atom. The molecule has 0 radical (unpaired) electrons. The highest BCUT2D eigenvalue weighted by Gasteiger charge is 2.43. The number of carbonyl (C=O) groups is 3. The lowest BCUT2D eigenvalue weighted by Gasteiger charge is -2.33. The van der Waals surface area contributed by atoms with Gasteiger partial charge in [-0.25, -0.2) is 4.79 Å². The third-order valence-corrected chi connectivity index (χ3v) is 5.65. The minimum absolute atomic E-state index is 0.00306. The van der Waals surface area contributed by atoms with Crippen LogP contribution in [0.15, 0.2) is 46.3 Å². The molecule has 0 saturated heterocycles. The molecule has 1 unspecified atom stereocenters. The number of ketones is 2. The number of ether oxygens (including phenoxy) is 1. The van der Waals surface area contributed by atoms with E-state index in [0.29, 0.717) is 6.42 Å². The van der Waals surface area contributed by atoms with Crippen LogP contribution in [0.25, 0.3) is 0 Å². The van der Waals surface area contributed by atoms with Gasteiger partial charge in [0.25, 0.3) is 0 Å². The number of aliphatic hydroxyl groups excluding tert-OH is 1. The fourth-order valence-electron chi connectivity index (χ4n) is 4.09. The fourth-order valence-corrected chi connectivity index (χ4v) is 4.09. The number of hydrogen-bond acceptors (Lipinski definition) is 5. The summed E-state index contributed by atoms with van der Waals surface area (Å²) in [5.74, 6) is -3.17. The van der Waals surface area contributed by atoms with Gasteiger partial charge in [0, 0.05) is 11.5 Å². The molecule has 0 fully saturated rings. The SMILES string of the molecule is C=C(C)C1CCC(C)=C[C@H]1C1=C(O)C(C(=O)OC)=C(CCCCC)C(=O)C1=O. The Labute approximate surface area is 166 Å². The van der Waals surface area contributed by atoms with Gasteiger partial charge >= 0.3 is 5.97 Å². The number of hydrogen-bond donors (Lipinski definition) is 1. The van der Waals surface area contributed by atoms with Crippen LogP contribution in [0.2, 0.25) is 0 Å². The van der Waals surface area contributed by atoms with Crippen LogP contribution in [0.3, 0.4) is 0 Å². The second-order valence-corrected chi connectivity index (χ2v) is 7.75. The maximum Gasteiger partial charge on any atom is 0.342 e. The van der Waals surface area contributed by atoms with Crippen molar-refractivity contribution in [3.05, 3.63) is 46.3 Å². The first-order valence-electron chi connectivity index (χ1n) is 9.91. The number of carbonyl (C=O) groups excluding carboxylic acids is 3. The van der Waals surface area contributed by atoms with E-state index >= 15 is 0 Å². The van der Waals surface area contributed by atoms with Crippen LogP contribution in [0.5, 0.6) is 0 Å². The van der Waals surface area contributed by atoms with Gasteiger partial charge in [0.2, 0.25) is 11.6 Å². The summed E-state index contributed by atoms with van der Waals surface area (Å²) in [5, 5.41) is 11.0. The number of allylic oxidation sites excluding steroid dienone is 5. The van der Waals surface area contributed by atoms with Crippen LogP contribution in [-0.4, -0.2) is 29.8 Å². The lowest BCUT2D eigenvalue weighted by Crippen LogP contribution is -2.35. The van der Waals surface area contributed by atoms with Crippen LogP contribution >= 0.6 is 0 Å². The molecule has 0 amide bonds. The third-order valence-electron chi connectivity index (χ3n) is 5.65. The Bertz CT molecular complexity index is 794. The number of unbranched alkanes of at least 4 members (excludes halogenated alkanes) is 2. The number of methoxy groups -OCH3 is 1. The van der Waals surface area contributed by atoms with Crippen molar-refractivity contribution in [2.45, 2.75) is 59.3 Å². The fraction of sp³-hybridized carbons (Fsp3) is 0.522. The molecule has 2 aliphatic rings. The minimum Gasteiger partial charge on any atom is -0.507 e. The molecule has 0 aromatic carbocycles. The van der Waals surface area contributed by atoms with E-state index in [0.717, 1.165) is 36.8 Å². The molecule has 0 aliphatic heterocycles. The average molecular weight is 386 g/mol. The van der Waals surface area contributed by atoms with Crippen molar-refractivity contribution < 1.29 is 24.2 Å². The average Bonchev–Trinajstić information content (AvgIpc) is 2.65. The van der Waals surface area contributed by atoms with Crippen LogP contribution in [0.4, 0.5) is 0 Å². The van der Waals surface area contributed by atoms with Gasteiger partial charge in [-0.3, -0.25) is 9.59 Å². The van der Waals surface area contributed by atoms with E-state index in [1.54, 1.807) is 0 Å². The Kier molecular flexibility index (Phi) is 7.17. The van der Waals surface area contributed by atoms with E-state index in [1.165, 1.54) is 7.11 Å². The summed E-state index contributed by atoms with van der Waals surface area (Å²) in [6.07, 6.45) is 6.28. The molecule has 0 aromatic heterocycles. The molecule has 0 saturated carbocycles. The Hall–Kier alpha value is -2.43. The van der Waals surface area contributed by atoms with E-state index in [2.05, 4.69) is 6.58 Å². The van der Waals surface area contributed by atoms with Gasteiger partial charge in [-0.1, -0.05) is 43.6 Å². The van der Waals surface area contributed by atoms with Gasteiger partial charge in [0.1, 0.15) is 11.3 Å². The summed E-state index contributed by atoms with van der Waals surface area (Å²) in [6, 6.07) is 0. The van der Waals surface area contributed by atoms with E-state index in [9.17, 15) is 19.5 Å². The molecule has 0 spiro atoms. The van der Waals surface area contributed by atoms with E-state index in [4.69, 9.17) is 4.74 Å². The van der Waals surface area contributed by atoms with Crippen molar-refractivity contribution in [2.24, 2.45) is 11.8 Å². The summed E-state index contributed by atoms with van der Waals surface area (Å²) >= 11 is 0. The van der Waals surface area contributed by atoms with E-state index < -0.39 is 29.2 Å². The first-order valence-corrected chi connectivity index (χ1v) is 9.91. The van der Waals surface area contributed by atoms with Crippen LogP contribution in [0, 0.1) is 11.8 Å². The largest absolute Gasteiger partial charge is 0.507 e. The van der Waals surface area contributed by atoms with Crippen LogP contribution in [0.1, 0.15) is 59.3 Å². The molecule has 5 heteroatoms. The van der Waals surface area contributed by atoms with Gasteiger partial charge in [0.05, 0.1) is 12.7 Å². The number of esters is 1. The molecule has 2 aliphatic carbocycles. The molecule has 2 rings (SSSR count). The molecular formula is C23H30O5. The standard InChI is InChI=1S/C23H30O5/c1-6-7-8-9-16-19(23(27)28-5)21(25)18(22(26)20(16)24)17-12-14(4)10-11-15(17)13(2)3/h12,15,17,25H,2,6-11H2,1,3-5H3/t15?,17-/m1/s1. The van der Waals surface area contributed by atoms with Crippen molar-refractivity contribution in [2.75, 3.05) is 7.11 Å². The smallest absolute Gasteiger partial charge is 0.342 e. The predicted octanol–water partition coefficient (Wildman–Crippen LogP) is 4.55.